The Morgan fingerprint density at radius 2 is 1.35 bits per heavy atom. The minimum Gasteiger partial charge on any atom is -0.481 e. The summed E-state index contributed by atoms with van der Waals surface area (Å²) in [5.74, 6) is -0.691. The molecule has 0 fully saturated rings. The molecule has 2 N–H and O–H groups in total. The van der Waals surface area contributed by atoms with Crippen LogP contribution in [0.3, 0.4) is 0 Å². The smallest absolute Gasteiger partial charge is 0.407 e. The van der Waals surface area contributed by atoms with Gasteiger partial charge in [-0.15, -0.1) is 0 Å². The Hall–Kier alpha value is -2.04. The van der Waals surface area contributed by atoms with Gasteiger partial charge in [0.2, 0.25) is 0 Å². The number of aliphatic carboxylic acids is 1. The van der Waals surface area contributed by atoms with Crippen molar-refractivity contribution in [1.29, 1.82) is 0 Å². The van der Waals surface area contributed by atoms with Crippen molar-refractivity contribution in [3.05, 3.63) is 35.9 Å². The third kappa shape index (κ3) is 13.3. The van der Waals surface area contributed by atoms with Crippen molar-refractivity contribution >= 4 is 12.1 Å². The number of hydrogen-bond donors (Lipinski definition) is 2. The normalized spacial score (nSPS) is 10.5. The van der Waals surface area contributed by atoms with Gasteiger partial charge in [-0.25, -0.2) is 4.79 Å². The molecule has 0 aliphatic heterocycles. The van der Waals surface area contributed by atoms with Gasteiger partial charge in [0, 0.05) is 13.0 Å². The molecule has 0 spiro atoms. The zero-order valence-corrected chi connectivity index (χ0v) is 15.8. The van der Waals surface area contributed by atoms with Crippen molar-refractivity contribution < 1.29 is 19.4 Å². The number of nitrogens with one attached hydrogen (secondary N) is 1. The SMILES string of the molecule is O=C(O)CCCCCCCCCCCCNC(=O)OCc1ccccc1. The highest BCUT2D eigenvalue weighted by molar-refractivity contribution is 5.67. The van der Waals surface area contributed by atoms with E-state index < -0.39 is 5.97 Å². The maximum atomic E-state index is 11.6. The molecule has 1 aromatic rings. The molecule has 0 heterocycles. The van der Waals surface area contributed by atoms with Crippen LogP contribution < -0.4 is 5.32 Å². The van der Waals surface area contributed by atoms with Gasteiger partial charge in [0.05, 0.1) is 0 Å². The summed E-state index contributed by atoms with van der Waals surface area (Å²) in [4.78, 5) is 22.0. The molecule has 0 atom stereocenters. The molecule has 146 valence electrons. The topological polar surface area (TPSA) is 75.6 Å². The summed E-state index contributed by atoms with van der Waals surface area (Å²) >= 11 is 0. The summed E-state index contributed by atoms with van der Waals surface area (Å²) in [7, 11) is 0. The number of carbonyl (C=O) groups excluding carboxylic acids is 1. The molecular formula is C21H33NO4. The molecule has 26 heavy (non-hydrogen) atoms. The maximum absolute atomic E-state index is 11.6. The predicted octanol–water partition coefficient (Wildman–Crippen LogP) is 5.29. The number of unbranched alkanes of at least 4 members (excludes halogenated alkanes) is 9. The molecule has 0 radical (unpaired) electrons. The molecule has 0 aromatic heterocycles. The van der Waals surface area contributed by atoms with E-state index in [4.69, 9.17) is 9.84 Å². The number of rotatable bonds is 15. The van der Waals surface area contributed by atoms with Gasteiger partial charge in [-0.3, -0.25) is 4.79 Å². The van der Waals surface area contributed by atoms with Gasteiger partial charge >= 0.3 is 12.1 Å². The fraction of sp³-hybridized carbons (Fsp3) is 0.619. The van der Waals surface area contributed by atoms with Crippen LogP contribution in [-0.2, 0) is 16.1 Å². The van der Waals surface area contributed by atoms with Gasteiger partial charge in [-0.1, -0.05) is 81.7 Å². The first-order valence-corrected chi connectivity index (χ1v) is 9.85. The van der Waals surface area contributed by atoms with Crippen LogP contribution >= 0.6 is 0 Å². The minimum absolute atomic E-state index is 0.299. The first-order valence-electron chi connectivity index (χ1n) is 9.85. The number of amides is 1. The molecule has 5 heteroatoms. The van der Waals surface area contributed by atoms with Crippen molar-refractivity contribution in [2.24, 2.45) is 0 Å². The second-order valence-electron chi connectivity index (χ2n) is 6.67. The average Bonchev–Trinajstić information content (AvgIpc) is 2.64. The van der Waals surface area contributed by atoms with E-state index >= 15 is 0 Å². The molecule has 0 aliphatic rings. The van der Waals surface area contributed by atoms with Crippen LogP contribution in [0, 0.1) is 0 Å². The van der Waals surface area contributed by atoms with E-state index in [9.17, 15) is 9.59 Å². The van der Waals surface area contributed by atoms with Gasteiger partial charge in [-0.05, 0) is 18.4 Å². The van der Waals surface area contributed by atoms with E-state index in [0.717, 1.165) is 37.7 Å². The van der Waals surface area contributed by atoms with Crippen molar-refractivity contribution in [3.63, 3.8) is 0 Å². The third-order valence-corrected chi connectivity index (χ3v) is 4.30. The Morgan fingerprint density at radius 1 is 0.808 bits per heavy atom. The second kappa shape index (κ2) is 15.2. The lowest BCUT2D eigenvalue weighted by Gasteiger charge is -2.07. The van der Waals surface area contributed by atoms with E-state index in [0.29, 0.717) is 19.6 Å². The van der Waals surface area contributed by atoms with Gasteiger partial charge in [-0.2, -0.15) is 0 Å². The first-order chi connectivity index (χ1) is 12.7. The number of benzene rings is 1. The highest BCUT2D eigenvalue weighted by Gasteiger charge is 2.01. The number of carboxylic acid groups (broad SMARTS) is 1. The second-order valence-corrected chi connectivity index (χ2v) is 6.67. The molecule has 5 nitrogen and oxygen atoms in total. The van der Waals surface area contributed by atoms with Gasteiger partial charge in [0.25, 0.3) is 0 Å². The molecular weight excluding hydrogens is 330 g/mol. The van der Waals surface area contributed by atoms with Crippen LogP contribution in [0.5, 0.6) is 0 Å². The highest BCUT2D eigenvalue weighted by Crippen LogP contribution is 2.11. The molecule has 0 saturated heterocycles. The molecule has 1 amide bonds. The number of hydrogen-bond acceptors (Lipinski definition) is 3. The molecule has 0 unspecified atom stereocenters. The van der Waals surface area contributed by atoms with E-state index in [1.165, 1.54) is 32.1 Å². The summed E-state index contributed by atoms with van der Waals surface area (Å²) < 4.78 is 5.16. The molecule has 1 aromatic carbocycles. The Kier molecular flexibility index (Phi) is 12.9. The minimum atomic E-state index is -0.691. The van der Waals surface area contributed by atoms with Crippen LogP contribution in [0.2, 0.25) is 0 Å². The average molecular weight is 363 g/mol. The molecule has 1 rings (SSSR count). The number of carbonyl (C=O) groups is 2. The van der Waals surface area contributed by atoms with Gasteiger partial charge < -0.3 is 15.2 Å². The summed E-state index contributed by atoms with van der Waals surface area (Å²) in [6, 6.07) is 9.66. The largest absolute Gasteiger partial charge is 0.481 e. The lowest BCUT2D eigenvalue weighted by atomic mass is 10.1. The van der Waals surface area contributed by atoms with E-state index in [1.807, 2.05) is 30.3 Å². The Labute approximate surface area is 157 Å². The number of ether oxygens (including phenoxy) is 1. The van der Waals surface area contributed by atoms with Crippen molar-refractivity contribution in [2.45, 2.75) is 77.2 Å². The standard InChI is InChI=1S/C21H33NO4/c23-20(24)16-12-7-5-3-1-2-4-6-8-13-17-22-21(25)26-18-19-14-10-9-11-15-19/h9-11,14-15H,1-8,12-13,16-18H2,(H,22,25)(H,23,24). The van der Waals surface area contributed by atoms with Crippen LogP contribution in [0.15, 0.2) is 30.3 Å². The molecule has 0 bridgehead atoms. The van der Waals surface area contributed by atoms with Crippen molar-refractivity contribution in [3.8, 4) is 0 Å². The van der Waals surface area contributed by atoms with E-state index in [2.05, 4.69) is 5.32 Å². The highest BCUT2D eigenvalue weighted by atomic mass is 16.5. The van der Waals surface area contributed by atoms with Crippen molar-refractivity contribution in [2.75, 3.05) is 6.54 Å². The van der Waals surface area contributed by atoms with E-state index in [-0.39, 0.29) is 6.09 Å². The van der Waals surface area contributed by atoms with Crippen LogP contribution in [-0.4, -0.2) is 23.7 Å². The summed E-state index contributed by atoms with van der Waals surface area (Å²) in [5.41, 5.74) is 0.990. The maximum Gasteiger partial charge on any atom is 0.407 e. The fourth-order valence-corrected chi connectivity index (χ4v) is 2.78. The monoisotopic (exact) mass is 363 g/mol. The Bertz CT molecular complexity index is 490. The molecule has 0 aliphatic carbocycles. The third-order valence-electron chi connectivity index (χ3n) is 4.30. The summed E-state index contributed by atoms with van der Waals surface area (Å²) in [5, 5.41) is 11.3. The zero-order valence-electron chi connectivity index (χ0n) is 15.8. The quantitative estimate of drug-likeness (QED) is 0.415. The van der Waals surface area contributed by atoms with Crippen molar-refractivity contribution in [1.82, 2.24) is 5.32 Å². The first kappa shape index (κ1) is 22.0. The van der Waals surface area contributed by atoms with Crippen LogP contribution in [0.1, 0.15) is 76.2 Å². The Balaban J connectivity index is 1.80. The summed E-state index contributed by atoms with van der Waals surface area (Å²) in [6.07, 6.45) is 11.1. The number of carboxylic acids is 1. The summed E-state index contributed by atoms with van der Waals surface area (Å²) in [6.45, 7) is 0.972. The van der Waals surface area contributed by atoms with Gasteiger partial charge in [0.1, 0.15) is 6.61 Å². The number of alkyl carbamates (subject to hydrolysis) is 1. The van der Waals surface area contributed by atoms with Gasteiger partial charge in [0.15, 0.2) is 0 Å². The van der Waals surface area contributed by atoms with E-state index in [1.54, 1.807) is 0 Å². The fourth-order valence-electron chi connectivity index (χ4n) is 2.78. The van der Waals surface area contributed by atoms with Crippen LogP contribution in [0.25, 0.3) is 0 Å². The Morgan fingerprint density at radius 3 is 1.92 bits per heavy atom. The lowest BCUT2D eigenvalue weighted by Crippen LogP contribution is -2.25. The lowest BCUT2D eigenvalue weighted by molar-refractivity contribution is -0.137. The molecule has 0 saturated carbocycles. The zero-order chi connectivity index (χ0) is 18.9. The van der Waals surface area contributed by atoms with Crippen LogP contribution in [0.4, 0.5) is 4.79 Å². The predicted molar refractivity (Wildman–Crippen MR) is 103 cm³/mol.